The van der Waals surface area contributed by atoms with Crippen LogP contribution in [0.2, 0.25) is 0 Å². The Kier molecular flexibility index (Phi) is 4.24. The molecule has 5 nitrogen and oxygen atoms in total. The molecular weight excluding hydrogens is 242 g/mol. The number of amides is 1. The lowest BCUT2D eigenvalue weighted by Gasteiger charge is -2.23. The predicted molar refractivity (Wildman–Crippen MR) is 72.9 cm³/mol. The Morgan fingerprint density at radius 3 is 2.68 bits per heavy atom. The second-order valence-corrected chi connectivity index (χ2v) is 5.49. The molecule has 1 heterocycles. The summed E-state index contributed by atoms with van der Waals surface area (Å²) in [4.78, 5) is 14.2. The van der Waals surface area contributed by atoms with Crippen LogP contribution >= 0.6 is 0 Å². The number of aryl methyl sites for hydroxylation is 2. The lowest BCUT2D eigenvalue weighted by Crippen LogP contribution is -2.36. The summed E-state index contributed by atoms with van der Waals surface area (Å²) < 4.78 is 0. The maximum atomic E-state index is 12.3. The van der Waals surface area contributed by atoms with Gasteiger partial charge >= 0.3 is 0 Å². The number of rotatable bonds is 6. The Labute approximate surface area is 114 Å². The molecule has 0 saturated heterocycles. The van der Waals surface area contributed by atoms with E-state index in [-0.39, 0.29) is 18.4 Å². The van der Waals surface area contributed by atoms with Crippen molar-refractivity contribution in [2.45, 2.75) is 52.0 Å². The molecule has 2 N–H and O–H groups in total. The number of aliphatic hydroxyl groups excluding tert-OH is 1. The average Bonchev–Trinajstić information content (AvgIpc) is 3.12. The van der Waals surface area contributed by atoms with Crippen molar-refractivity contribution >= 4 is 5.91 Å². The van der Waals surface area contributed by atoms with E-state index in [0.717, 1.165) is 29.8 Å². The summed E-state index contributed by atoms with van der Waals surface area (Å²) in [6, 6.07) is 0.360. The van der Waals surface area contributed by atoms with E-state index in [1.165, 1.54) is 0 Å². The van der Waals surface area contributed by atoms with Gasteiger partial charge in [0.25, 0.3) is 0 Å². The van der Waals surface area contributed by atoms with Gasteiger partial charge in [-0.15, -0.1) is 0 Å². The van der Waals surface area contributed by atoms with E-state index in [4.69, 9.17) is 5.11 Å². The number of hydrogen-bond acceptors (Lipinski definition) is 3. The second-order valence-electron chi connectivity index (χ2n) is 5.49. The van der Waals surface area contributed by atoms with Gasteiger partial charge in [-0.05, 0) is 38.2 Å². The van der Waals surface area contributed by atoms with Crippen molar-refractivity contribution in [2.24, 2.45) is 0 Å². The van der Waals surface area contributed by atoms with Crippen LogP contribution < -0.4 is 0 Å². The molecule has 106 valence electrons. The number of hydrogen-bond donors (Lipinski definition) is 2. The smallest absolute Gasteiger partial charge is 0.223 e. The number of carbonyl (C=O) groups is 1. The summed E-state index contributed by atoms with van der Waals surface area (Å²) in [5.41, 5.74) is 3.16. The van der Waals surface area contributed by atoms with Crippen LogP contribution in [0.1, 0.15) is 49.1 Å². The molecule has 19 heavy (non-hydrogen) atoms. The Bertz CT molecular complexity index is 432. The van der Waals surface area contributed by atoms with Gasteiger partial charge in [-0.2, -0.15) is 5.10 Å². The normalized spacial score (nSPS) is 16.4. The highest BCUT2D eigenvalue weighted by atomic mass is 16.3. The van der Waals surface area contributed by atoms with Crippen LogP contribution in [-0.4, -0.2) is 45.3 Å². The first-order chi connectivity index (χ1) is 9.04. The SMILES string of the molecule is Cc1n[nH]c(C)c1C(C)CC(=O)N(CCO)C1CC1. The lowest BCUT2D eigenvalue weighted by molar-refractivity contribution is -0.132. The van der Waals surface area contributed by atoms with Crippen LogP contribution in [0.25, 0.3) is 0 Å². The molecule has 0 spiro atoms. The standard InChI is InChI=1S/C14H23N3O2/c1-9(14-10(2)15-16-11(14)3)8-13(19)17(6-7-18)12-4-5-12/h9,12,18H,4-8H2,1-3H3,(H,15,16). The van der Waals surface area contributed by atoms with E-state index < -0.39 is 0 Å². The van der Waals surface area contributed by atoms with Gasteiger partial charge in [-0.1, -0.05) is 6.92 Å². The average molecular weight is 265 g/mol. The summed E-state index contributed by atoms with van der Waals surface area (Å²) in [6.07, 6.45) is 2.63. The number of aromatic amines is 1. The summed E-state index contributed by atoms with van der Waals surface area (Å²) in [5.74, 6) is 0.301. The maximum Gasteiger partial charge on any atom is 0.223 e. The van der Waals surface area contributed by atoms with Crippen LogP contribution in [0.3, 0.4) is 0 Å². The van der Waals surface area contributed by atoms with E-state index in [1.54, 1.807) is 0 Å². The van der Waals surface area contributed by atoms with Crippen molar-refractivity contribution in [3.63, 3.8) is 0 Å². The molecule has 1 amide bonds. The van der Waals surface area contributed by atoms with Crippen molar-refractivity contribution in [3.8, 4) is 0 Å². The summed E-state index contributed by atoms with van der Waals surface area (Å²) in [6.45, 7) is 6.52. The number of H-pyrrole nitrogens is 1. The highest BCUT2D eigenvalue weighted by Gasteiger charge is 2.32. The molecule has 0 aliphatic heterocycles. The molecule has 0 bridgehead atoms. The Hall–Kier alpha value is -1.36. The van der Waals surface area contributed by atoms with E-state index >= 15 is 0 Å². The van der Waals surface area contributed by atoms with E-state index in [1.807, 2.05) is 18.7 Å². The van der Waals surface area contributed by atoms with Gasteiger partial charge in [0.2, 0.25) is 5.91 Å². The third-order valence-corrected chi connectivity index (χ3v) is 3.81. The molecule has 0 radical (unpaired) electrons. The molecule has 1 aliphatic rings. The summed E-state index contributed by atoms with van der Waals surface area (Å²) in [5, 5.41) is 16.2. The molecular formula is C14H23N3O2. The molecule has 1 fully saturated rings. The molecule has 1 atom stereocenters. The van der Waals surface area contributed by atoms with Crippen molar-refractivity contribution in [2.75, 3.05) is 13.2 Å². The highest BCUT2D eigenvalue weighted by molar-refractivity contribution is 5.77. The van der Waals surface area contributed by atoms with Crippen LogP contribution in [0, 0.1) is 13.8 Å². The maximum absolute atomic E-state index is 12.3. The minimum absolute atomic E-state index is 0.0421. The number of aliphatic hydroxyl groups is 1. The number of nitrogens with one attached hydrogen (secondary N) is 1. The van der Waals surface area contributed by atoms with Crippen LogP contribution in [-0.2, 0) is 4.79 Å². The zero-order chi connectivity index (χ0) is 14.0. The Morgan fingerprint density at radius 2 is 2.21 bits per heavy atom. The Morgan fingerprint density at radius 1 is 1.53 bits per heavy atom. The van der Waals surface area contributed by atoms with Gasteiger partial charge in [0.05, 0.1) is 12.3 Å². The fourth-order valence-corrected chi connectivity index (χ4v) is 2.77. The van der Waals surface area contributed by atoms with Crippen molar-refractivity contribution in [3.05, 3.63) is 17.0 Å². The first-order valence-electron chi connectivity index (χ1n) is 6.96. The van der Waals surface area contributed by atoms with Gasteiger partial charge in [0, 0.05) is 24.7 Å². The van der Waals surface area contributed by atoms with Crippen LogP contribution in [0.15, 0.2) is 0 Å². The third kappa shape index (κ3) is 3.15. The zero-order valence-corrected chi connectivity index (χ0v) is 11.9. The largest absolute Gasteiger partial charge is 0.395 e. The monoisotopic (exact) mass is 265 g/mol. The quantitative estimate of drug-likeness (QED) is 0.819. The number of carbonyl (C=O) groups excluding carboxylic acids is 1. The fourth-order valence-electron chi connectivity index (χ4n) is 2.77. The summed E-state index contributed by atoms with van der Waals surface area (Å²) >= 11 is 0. The molecule has 1 saturated carbocycles. The van der Waals surface area contributed by atoms with E-state index in [9.17, 15) is 4.79 Å². The third-order valence-electron chi connectivity index (χ3n) is 3.81. The first kappa shape index (κ1) is 14.1. The van der Waals surface area contributed by atoms with E-state index in [0.29, 0.717) is 19.0 Å². The van der Waals surface area contributed by atoms with Gasteiger partial charge in [-0.3, -0.25) is 9.89 Å². The topological polar surface area (TPSA) is 69.2 Å². The molecule has 1 aromatic heterocycles. The molecule has 1 unspecified atom stereocenters. The summed E-state index contributed by atoms with van der Waals surface area (Å²) in [7, 11) is 0. The van der Waals surface area contributed by atoms with E-state index in [2.05, 4.69) is 17.1 Å². The van der Waals surface area contributed by atoms with Gasteiger partial charge in [0.15, 0.2) is 0 Å². The minimum atomic E-state index is 0.0421. The van der Waals surface area contributed by atoms with Crippen molar-refractivity contribution in [1.29, 1.82) is 0 Å². The molecule has 0 aromatic carbocycles. The molecule has 1 aromatic rings. The van der Waals surface area contributed by atoms with Crippen LogP contribution in [0.5, 0.6) is 0 Å². The number of aromatic nitrogens is 2. The molecule has 1 aliphatic carbocycles. The van der Waals surface area contributed by atoms with Gasteiger partial charge in [-0.25, -0.2) is 0 Å². The first-order valence-corrected chi connectivity index (χ1v) is 6.96. The van der Waals surface area contributed by atoms with Crippen molar-refractivity contribution < 1.29 is 9.90 Å². The zero-order valence-electron chi connectivity index (χ0n) is 11.9. The number of nitrogens with zero attached hydrogens (tertiary/aromatic N) is 2. The fraction of sp³-hybridized carbons (Fsp3) is 0.714. The molecule has 2 rings (SSSR count). The van der Waals surface area contributed by atoms with Gasteiger partial charge < -0.3 is 10.0 Å². The van der Waals surface area contributed by atoms with Crippen molar-refractivity contribution in [1.82, 2.24) is 15.1 Å². The minimum Gasteiger partial charge on any atom is -0.395 e. The highest BCUT2D eigenvalue weighted by Crippen LogP contribution is 2.30. The predicted octanol–water partition coefficient (Wildman–Crippen LogP) is 1.50. The molecule has 5 heteroatoms. The Balaban J connectivity index is 2.01. The van der Waals surface area contributed by atoms with Gasteiger partial charge in [0.1, 0.15) is 0 Å². The van der Waals surface area contributed by atoms with Crippen LogP contribution in [0.4, 0.5) is 0 Å². The second kappa shape index (κ2) is 5.74. The lowest BCUT2D eigenvalue weighted by atomic mass is 9.95.